The Morgan fingerprint density at radius 3 is 1.57 bits per heavy atom. The van der Waals surface area contributed by atoms with Crippen LogP contribution in [0.2, 0.25) is 0 Å². The Morgan fingerprint density at radius 1 is 0.347 bits per heavy atom. The quantitative estimate of drug-likeness (QED) is 0.177. The van der Waals surface area contributed by atoms with Crippen LogP contribution in [0.15, 0.2) is 176 Å². The standard InChI is InChI=1S/C47H32N2/c1-31-18-21-34(22-19-31)48(36-24-26-42-40-14-5-4-12-38(40)39-13-6-7-15-41(39)45(42)29-36)37-25-27-44-43-16-8-9-17-46(43)49(47(44)30-37)35-23-20-32-10-2-3-11-33(32)28-35/h2-30H,1H3. The maximum atomic E-state index is 2.42. The largest absolute Gasteiger partial charge is 0.310 e. The minimum Gasteiger partial charge on any atom is -0.310 e. The highest BCUT2D eigenvalue weighted by atomic mass is 15.1. The molecule has 0 radical (unpaired) electrons. The Morgan fingerprint density at radius 2 is 0.857 bits per heavy atom. The zero-order valence-electron chi connectivity index (χ0n) is 27.1. The molecule has 0 spiro atoms. The summed E-state index contributed by atoms with van der Waals surface area (Å²) in [6.07, 6.45) is 0. The molecule has 0 saturated carbocycles. The zero-order chi connectivity index (χ0) is 32.5. The van der Waals surface area contributed by atoms with E-state index in [-0.39, 0.29) is 0 Å². The van der Waals surface area contributed by atoms with Crippen molar-refractivity contribution in [2.24, 2.45) is 0 Å². The van der Waals surface area contributed by atoms with Gasteiger partial charge in [0.1, 0.15) is 0 Å². The summed E-state index contributed by atoms with van der Waals surface area (Å²) >= 11 is 0. The summed E-state index contributed by atoms with van der Waals surface area (Å²) in [6.45, 7) is 2.15. The lowest BCUT2D eigenvalue weighted by molar-refractivity contribution is 1.18. The molecule has 1 aromatic heterocycles. The fraction of sp³-hybridized carbons (Fsp3) is 0.0213. The first-order valence-electron chi connectivity index (χ1n) is 16.9. The number of aromatic nitrogens is 1. The molecule has 0 aliphatic rings. The molecule has 0 amide bonds. The van der Waals surface area contributed by atoms with E-state index in [9.17, 15) is 0 Å². The average Bonchev–Trinajstić information content (AvgIpc) is 3.49. The van der Waals surface area contributed by atoms with Crippen LogP contribution >= 0.6 is 0 Å². The average molecular weight is 625 g/mol. The fourth-order valence-electron chi connectivity index (χ4n) is 7.87. The van der Waals surface area contributed by atoms with Gasteiger partial charge in [-0.25, -0.2) is 0 Å². The van der Waals surface area contributed by atoms with Crippen molar-refractivity contribution < 1.29 is 0 Å². The molecule has 10 rings (SSSR count). The van der Waals surface area contributed by atoms with Gasteiger partial charge in [0, 0.05) is 33.5 Å². The molecule has 9 aromatic carbocycles. The van der Waals surface area contributed by atoms with Crippen LogP contribution in [-0.2, 0) is 0 Å². The highest BCUT2D eigenvalue weighted by molar-refractivity contribution is 6.25. The molecule has 10 aromatic rings. The lowest BCUT2D eigenvalue weighted by Gasteiger charge is -2.26. The highest BCUT2D eigenvalue weighted by Gasteiger charge is 2.19. The van der Waals surface area contributed by atoms with Gasteiger partial charge in [-0.15, -0.1) is 0 Å². The summed E-state index contributed by atoms with van der Waals surface area (Å²) < 4.78 is 2.42. The number of anilines is 3. The molecule has 0 saturated heterocycles. The van der Waals surface area contributed by atoms with Gasteiger partial charge in [-0.1, -0.05) is 127 Å². The summed E-state index contributed by atoms with van der Waals surface area (Å²) in [4.78, 5) is 2.41. The van der Waals surface area contributed by atoms with E-state index in [2.05, 4.69) is 192 Å². The van der Waals surface area contributed by atoms with Crippen LogP contribution in [0.25, 0.3) is 70.6 Å². The second-order valence-corrected chi connectivity index (χ2v) is 13.1. The molecule has 0 bridgehead atoms. The number of fused-ring (bicyclic) bond motifs is 10. The maximum absolute atomic E-state index is 2.42. The molecule has 2 nitrogen and oxygen atoms in total. The van der Waals surface area contributed by atoms with Crippen LogP contribution in [0, 0.1) is 6.92 Å². The third-order valence-corrected chi connectivity index (χ3v) is 10.2. The van der Waals surface area contributed by atoms with E-state index >= 15 is 0 Å². The van der Waals surface area contributed by atoms with E-state index in [0.717, 1.165) is 22.7 Å². The predicted octanol–water partition coefficient (Wildman–Crippen LogP) is 13.2. The summed E-state index contributed by atoms with van der Waals surface area (Å²) in [5.41, 5.74) is 8.16. The third kappa shape index (κ3) is 4.35. The number of nitrogens with zero attached hydrogens (tertiary/aromatic N) is 2. The van der Waals surface area contributed by atoms with Crippen molar-refractivity contribution >= 4 is 82.0 Å². The summed E-state index contributed by atoms with van der Waals surface area (Å²) in [6, 6.07) is 64.6. The second kappa shape index (κ2) is 10.8. The van der Waals surface area contributed by atoms with Gasteiger partial charge in [0.25, 0.3) is 0 Å². The molecule has 1 heterocycles. The maximum Gasteiger partial charge on any atom is 0.0561 e. The Bertz CT molecular complexity index is 2860. The predicted molar refractivity (Wildman–Crippen MR) is 210 cm³/mol. The molecule has 49 heavy (non-hydrogen) atoms. The van der Waals surface area contributed by atoms with Crippen molar-refractivity contribution in [1.82, 2.24) is 4.57 Å². The van der Waals surface area contributed by atoms with Crippen molar-refractivity contribution in [2.75, 3.05) is 4.90 Å². The molecule has 0 unspecified atom stereocenters. The van der Waals surface area contributed by atoms with Crippen molar-refractivity contribution in [1.29, 1.82) is 0 Å². The van der Waals surface area contributed by atoms with Gasteiger partial charge in [0.2, 0.25) is 0 Å². The van der Waals surface area contributed by atoms with Gasteiger partial charge >= 0.3 is 0 Å². The second-order valence-electron chi connectivity index (χ2n) is 13.1. The van der Waals surface area contributed by atoms with E-state index < -0.39 is 0 Å². The monoisotopic (exact) mass is 624 g/mol. The Labute approximate surface area is 284 Å². The topological polar surface area (TPSA) is 8.17 Å². The number of rotatable bonds is 4. The number of aryl methyl sites for hydroxylation is 1. The number of hydrogen-bond acceptors (Lipinski definition) is 1. The van der Waals surface area contributed by atoms with Crippen molar-refractivity contribution in [3.63, 3.8) is 0 Å². The first kappa shape index (κ1) is 27.7. The lowest BCUT2D eigenvalue weighted by Crippen LogP contribution is -2.10. The first-order valence-corrected chi connectivity index (χ1v) is 16.9. The minimum absolute atomic E-state index is 1.12. The van der Waals surface area contributed by atoms with Gasteiger partial charge in [0.05, 0.1) is 11.0 Å². The fourth-order valence-corrected chi connectivity index (χ4v) is 7.87. The van der Waals surface area contributed by atoms with Crippen LogP contribution < -0.4 is 4.90 Å². The van der Waals surface area contributed by atoms with Gasteiger partial charge in [-0.05, 0) is 105 Å². The minimum atomic E-state index is 1.12. The molecule has 0 aliphatic carbocycles. The Kier molecular flexibility index (Phi) is 6.13. The van der Waals surface area contributed by atoms with Gasteiger partial charge < -0.3 is 9.47 Å². The van der Waals surface area contributed by atoms with E-state index in [0.29, 0.717) is 0 Å². The molecule has 230 valence electrons. The molecule has 0 atom stereocenters. The lowest BCUT2D eigenvalue weighted by atomic mass is 9.94. The van der Waals surface area contributed by atoms with Crippen molar-refractivity contribution in [2.45, 2.75) is 6.92 Å². The van der Waals surface area contributed by atoms with Crippen LogP contribution in [0.3, 0.4) is 0 Å². The summed E-state index contributed by atoms with van der Waals surface area (Å²) in [5.74, 6) is 0. The van der Waals surface area contributed by atoms with Gasteiger partial charge in [0.15, 0.2) is 0 Å². The van der Waals surface area contributed by atoms with Crippen molar-refractivity contribution in [3.05, 3.63) is 181 Å². The highest BCUT2D eigenvalue weighted by Crippen LogP contribution is 2.43. The molecule has 0 N–H and O–H groups in total. The zero-order valence-corrected chi connectivity index (χ0v) is 27.1. The number of para-hydroxylation sites is 1. The van der Waals surface area contributed by atoms with Gasteiger partial charge in [-0.2, -0.15) is 0 Å². The third-order valence-electron chi connectivity index (χ3n) is 10.2. The van der Waals surface area contributed by atoms with E-state index in [1.807, 2.05) is 0 Å². The summed E-state index contributed by atoms with van der Waals surface area (Å²) in [5, 5.41) is 12.6. The van der Waals surface area contributed by atoms with Crippen LogP contribution in [0.1, 0.15) is 5.56 Å². The smallest absolute Gasteiger partial charge is 0.0561 e. The van der Waals surface area contributed by atoms with E-state index in [1.165, 1.54) is 70.5 Å². The first-order chi connectivity index (χ1) is 24.2. The SMILES string of the molecule is Cc1ccc(N(c2ccc3c4ccccc4c4ccccc4c3c2)c2ccc3c4ccccc4n(-c4ccc5ccccc5c4)c3c2)cc1. The number of benzene rings is 9. The molecule has 0 fully saturated rings. The molecular weight excluding hydrogens is 593 g/mol. The van der Waals surface area contributed by atoms with Crippen LogP contribution in [0.5, 0.6) is 0 Å². The Hall–Kier alpha value is -6.38. The molecule has 0 aliphatic heterocycles. The van der Waals surface area contributed by atoms with Crippen LogP contribution in [-0.4, -0.2) is 4.57 Å². The van der Waals surface area contributed by atoms with E-state index in [4.69, 9.17) is 0 Å². The van der Waals surface area contributed by atoms with Crippen LogP contribution in [0.4, 0.5) is 17.1 Å². The van der Waals surface area contributed by atoms with E-state index in [1.54, 1.807) is 0 Å². The number of hydrogen-bond donors (Lipinski definition) is 0. The summed E-state index contributed by atoms with van der Waals surface area (Å²) in [7, 11) is 0. The molecular formula is C47H32N2. The molecule has 2 heteroatoms. The normalized spacial score (nSPS) is 11.8. The Balaban J connectivity index is 1.24. The van der Waals surface area contributed by atoms with Crippen molar-refractivity contribution in [3.8, 4) is 5.69 Å². The van der Waals surface area contributed by atoms with Gasteiger partial charge in [-0.3, -0.25) is 0 Å².